The molecule has 0 aromatic carbocycles. The largest absolute Gasteiger partial charge is 0.544 e. The van der Waals surface area contributed by atoms with Crippen molar-refractivity contribution in [2.45, 2.75) is 84.6 Å². The molecule has 1 aliphatic carbocycles. The fourth-order valence-electron chi connectivity index (χ4n) is 3.48. The minimum absolute atomic E-state index is 0.00236. The number of aliphatic hydroxyl groups is 1. The monoisotopic (exact) mass is 426 g/mol. The van der Waals surface area contributed by atoms with Gasteiger partial charge in [-0.05, 0) is 57.0 Å². The number of esters is 1. The van der Waals surface area contributed by atoms with Gasteiger partial charge in [-0.1, -0.05) is 33.8 Å². The molecule has 0 amide bonds. The van der Waals surface area contributed by atoms with E-state index in [-0.39, 0.29) is 24.2 Å². The van der Waals surface area contributed by atoms with E-state index in [1.54, 1.807) is 26.8 Å². The lowest BCUT2D eigenvalue weighted by Crippen LogP contribution is -2.54. The molecule has 2 aliphatic rings. The van der Waals surface area contributed by atoms with Gasteiger partial charge in [0.1, 0.15) is 17.6 Å². The predicted molar refractivity (Wildman–Crippen MR) is 115 cm³/mol. The molecule has 2 rings (SSSR count). The van der Waals surface area contributed by atoms with Gasteiger partial charge in [0.15, 0.2) is 5.79 Å². The zero-order valence-electron chi connectivity index (χ0n) is 19.4. The molecule has 1 N–H and O–H groups in total. The first-order valence-corrected chi connectivity index (χ1v) is 13.3. The fraction of sp³-hybridized carbons (Fsp3) is 0.773. The van der Waals surface area contributed by atoms with E-state index in [0.29, 0.717) is 5.76 Å². The standard InChI is InChI=1S/C22H38O6Si/c1-10-25-19(24)22(18(23)17-14-26-21(6,7)27-17)13-16(12-11-15(22)2)28-29(8,9)20(3,4)5/h11-13,15,17-18,23H,10,14H2,1-9H3/t15-,17+,18+,22+/m0/s1. The first-order valence-electron chi connectivity index (χ1n) is 10.4. The van der Waals surface area contributed by atoms with Crippen LogP contribution in [0.2, 0.25) is 18.1 Å². The van der Waals surface area contributed by atoms with Gasteiger partial charge in [0.2, 0.25) is 8.32 Å². The van der Waals surface area contributed by atoms with Crippen molar-refractivity contribution in [3.8, 4) is 0 Å². The molecule has 1 heterocycles. The molecule has 166 valence electrons. The molecule has 0 saturated carbocycles. The van der Waals surface area contributed by atoms with Crippen molar-refractivity contribution in [2.24, 2.45) is 11.3 Å². The SMILES string of the molecule is CCOC(=O)[C@]1([C@H](O)[C@H]2COC(C)(C)O2)C=C(O[Si](C)(C)C(C)(C)C)C=C[C@@H]1C. The minimum Gasteiger partial charge on any atom is -0.544 e. The first-order chi connectivity index (χ1) is 13.2. The van der Waals surface area contributed by atoms with Crippen molar-refractivity contribution in [3.05, 3.63) is 24.0 Å². The number of hydrogen-bond donors (Lipinski definition) is 1. The highest BCUT2D eigenvalue weighted by molar-refractivity contribution is 6.74. The van der Waals surface area contributed by atoms with E-state index in [0.717, 1.165) is 0 Å². The van der Waals surface area contributed by atoms with Gasteiger partial charge in [-0.25, -0.2) is 0 Å². The van der Waals surface area contributed by atoms with Gasteiger partial charge in [0.25, 0.3) is 0 Å². The van der Waals surface area contributed by atoms with Crippen LogP contribution >= 0.6 is 0 Å². The summed E-state index contributed by atoms with van der Waals surface area (Å²) in [5, 5.41) is 11.4. The van der Waals surface area contributed by atoms with Crippen LogP contribution < -0.4 is 0 Å². The molecule has 6 nitrogen and oxygen atoms in total. The zero-order valence-corrected chi connectivity index (χ0v) is 20.4. The van der Waals surface area contributed by atoms with Crippen LogP contribution in [-0.4, -0.2) is 50.6 Å². The minimum atomic E-state index is -2.13. The topological polar surface area (TPSA) is 74.2 Å². The van der Waals surface area contributed by atoms with Crippen LogP contribution in [0.5, 0.6) is 0 Å². The third-order valence-corrected chi connectivity index (χ3v) is 10.7. The van der Waals surface area contributed by atoms with Gasteiger partial charge in [-0.2, -0.15) is 0 Å². The maximum absolute atomic E-state index is 13.2. The van der Waals surface area contributed by atoms with Crippen molar-refractivity contribution >= 4 is 14.3 Å². The van der Waals surface area contributed by atoms with E-state index in [2.05, 4.69) is 33.9 Å². The molecule has 0 radical (unpaired) electrons. The Bertz CT molecular complexity index is 675. The number of ether oxygens (including phenoxy) is 3. The Morgan fingerprint density at radius 1 is 1.38 bits per heavy atom. The summed E-state index contributed by atoms with van der Waals surface area (Å²) < 4.78 is 23.4. The summed E-state index contributed by atoms with van der Waals surface area (Å²) in [7, 11) is -2.13. The Morgan fingerprint density at radius 3 is 2.48 bits per heavy atom. The number of hydrogen-bond acceptors (Lipinski definition) is 6. The third-order valence-electron chi connectivity index (χ3n) is 6.36. The predicted octanol–water partition coefficient (Wildman–Crippen LogP) is 4.16. The normalized spacial score (nSPS) is 30.6. The maximum Gasteiger partial charge on any atom is 0.319 e. The lowest BCUT2D eigenvalue weighted by molar-refractivity contribution is -0.180. The zero-order chi connectivity index (χ0) is 22.3. The van der Waals surface area contributed by atoms with Gasteiger partial charge < -0.3 is 23.7 Å². The highest BCUT2D eigenvalue weighted by atomic mass is 28.4. The van der Waals surface area contributed by atoms with Crippen LogP contribution in [-0.2, 0) is 23.4 Å². The molecule has 1 aliphatic heterocycles. The summed E-state index contributed by atoms with van der Waals surface area (Å²) in [5.41, 5.74) is -1.31. The number of allylic oxidation sites excluding steroid dienone is 2. The van der Waals surface area contributed by atoms with E-state index in [4.69, 9.17) is 18.6 Å². The van der Waals surface area contributed by atoms with Gasteiger partial charge in [0, 0.05) is 0 Å². The van der Waals surface area contributed by atoms with Gasteiger partial charge in [-0.15, -0.1) is 0 Å². The Morgan fingerprint density at radius 2 is 2.00 bits per heavy atom. The first kappa shape index (κ1) is 24.1. The highest BCUT2D eigenvalue weighted by Gasteiger charge is 2.55. The number of carbonyl (C=O) groups excluding carboxylic acids is 1. The average Bonchev–Trinajstić information content (AvgIpc) is 2.95. The Labute approximate surface area is 176 Å². The average molecular weight is 427 g/mol. The second kappa shape index (κ2) is 8.17. The van der Waals surface area contributed by atoms with E-state index in [1.807, 2.05) is 19.1 Å². The van der Waals surface area contributed by atoms with Crippen LogP contribution in [0.3, 0.4) is 0 Å². The molecule has 1 saturated heterocycles. The molecular weight excluding hydrogens is 388 g/mol. The lowest BCUT2D eigenvalue weighted by atomic mass is 9.67. The van der Waals surface area contributed by atoms with Crippen LogP contribution in [0.1, 0.15) is 48.5 Å². The van der Waals surface area contributed by atoms with E-state index >= 15 is 0 Å². The van der Waals surface area contributed by atoms with Crippen LogP contribution in [0.15, 0.2) is 24.0 Å². The van der Waals surface area contributed by atoms with Crippen LogP contribution in [0, 0.1) is 11.3 Å². The molecular formula is C22H38O6Si. The Kier molecular flexibility index (Phi) is 6.80. The quantitative estimate of drug-likeness (QED) is 0.508. The van der Waals surface area contributed by atoms with Gasteiger partial charge >= 0.3 is 5.97 Å². The Hall–Kier alpha value is -1.15. The second-order valence-corrected chi connectivity index (χ2v) is 14.7. The van der Waals surface area contributed by atoms with Gasteiger partial charge in [-0.3, -0.25) is 4.79 Å². The highest BCUT2D eigenvalue weighted by Crippen LogP contribution is 2.46. The molecule has 0 aromatic rings. The van der Waals surface area contributed by atoms with Crippen molar-refractivity contribution in [1.29, 1.82) is 0 Å². The molecule has 1 fully saturated rings. The van der Waals surface area contributed by atoms with Crippen molar-refractivity contribution in [3.63, 3.8) is 0 Å². The third kappa shape index (κ3) is 4.79. The summed E-state index contributed by atoms with van der Waals surface area (Å²) in [6, 6.07) is 0. The van der Waals surface area contributed by atoms with E-state index in [1.165, 1.54) is 0 Å². The van der Waals surface area contributed by atoms with Crippen molar-refractivity contribution in [1.82, 2.24) is 0 Å². The molecule has 7 heteroatoms. The summed E-state index contributed by atoms with van der Waals surface area (Å²) in [4.78, 5) is 13.2. The number of carbonyl (C=O) groups is 1. The smallest absolute Gasteiger partial charge is 0.319 e. The van der Waals surface area contributed by atoms with E-state index < -0.39 is 37.7 Å². The maximum atomic E-state index is 13.2. The lowest BCUT2D eigenvalue weighted by Gasteiger charge is -2.43. The summed E-state index contributed by atoms with van der Waals surface area (Å²) >= 11 is 0. The molecule has 4 atom stereocenters. The molecule has 0 aromatic heterocycles. The van der Waals surface area contributed by atoms with Gasteiger partial charge in [0.05, 0.1) is 19.0 Å². The number of aliphatic hydroxyl groups excluding tert-OH is 1. The van der Waals surface area contributed by atoms with Crippen molar-refractivity contribution in [2.75, 3.05) is 13.2 Å². The van der Waals surface area contributed by atoms with Crippen molar-refractivity contribution < 1.29 is 28.5 Å². The summed E-state index contributed by atoms with van der Waals surface area (Å²) in [5.74, 6) is -0.982. The summed E-state index contributed by atoms with van der Waals surface area (Å²) in [6.45, 7) is 18.5. The van der Waals surface area contributed by atoms with E-state index in [9.17, 15) is 9.90 Å². The molecule has 29 heavy (non-hydrogen) atoms. The Balaban J connectivity index is 2.47. The molecule has 0 unspecified atom stereocenters. The number of rotatable bonds is 6. The van der Waals surface area contributed by atoms with Crippen LogP contribution in [0.4, 0.5) is 0 Å². The summed E-state index contributed by atoms with van der Waals surface area (Å²) in [6.07, 6.45) is 3.76. The second-order valence-electron chi connectivity index (χ2n) is 10.0. The van der Waals surface area contributed by atoms with Crippen LogP contribution in [0.25, 0.3) is 0 Å². The molecule has 0 spiro atoms. The fourth-order valence-corrected chi connectivity index (χ4v) is 4.50. The molecule has 0 bridgehead atoms.